The number of aromatic nitrogens is 4. The van der Waals surface area contributed by atoms with Crippen LogP contribution in [0.4, 0.5) is 20.2 Å². The Morgan fingerprint density at radius 3 is 2.52 bits per heavy atom. The van der Waals surface area contributed by atoms with Crippen LogP contribution in [0.1, 0.15) is 0 Å². The molecule has 1 aliphatic heterocycles. The first-order valence-corrected chi connectivity index (χ1v) is 18.0. The molecule has 1 aliphatic rings. The van der Waals surface area contributed by atoms with E-state index in [2.05, 4.69) is 59.3 Å². The van der Waals surface area contributed by atoms with Crippen molar-refractivity contribution in [2.75, 3.05) is 50.5 Å². The molecule has 0 atom stereocenters. The number of piperazine rings is 1. The number of likely N-dealkylation sites (N-methyl/N-ethyl adjacent to an activating group) is 1. The number of nitrogens with zero attached hydrogens (tertiary/aromatic N) is 6. The highest BCUT2D eigenvalue weighted by atomic mass is 28.3. The number of anilines is 2. The number of hydrogen-bond donors (Lipinski definition) is 1. The quantitative estimate of drug-likeness (QED) is 0.137. The van der Waals surface area contributed by atoms with Crippen molar-refractivity contribution in [3.05, 3.63) is 66.6 Å². The van der Waals surface area contributed by atoms with E-state index in [1.807, 2.05) is 6.07 Å². The minimum absolute atomic E-state index is 0.100. The number of rotatable bonds is 8. The van der Waals surface area contributed by atoms with E-state index in [1.54, 1.807) is 23.0 Å². The predicted molar refractivity (Wildman–Crippen MR) is 167 cm³/mol. The zero-order chi connectivity index (χ0) is 29.6. The molecule has 6 rings (SSSR count). The van der Waals surface area contributed by atoms with Crippen molar-refractivity contribution >= 4 is 36.0 Å². The van der Waals surface area contributed by atoms with Crippen LogP contribution in [0.5, 0.6) is 0 Å². The molecule has 4 heterocycles. The van der Waals surface area contributed by atoms with Crippen LogP contribution in [0.15, 0.2) is 55.0 Å². The van der Waals surface area contributed by atoms with E-state index >= 15 is 0 Å². The predicted octanol–water partition coefficient (Wildman–Crippen LogP) is 5.94. The molecule has 42 heavy (non-hydrogen) atoms. The number of ether oxygens (including phenoxy) is 1. The minimum Gasteiger partial charge on any atom is -0.396 e. The van der Waals surface area contributed by atoms with Gasteiger partial charge >= 0.3 is 0 Å². The Morgan fingerprint density at radius 1 is 0.976 bits per heavy atom. The number of fused-ring (bicyclic) bond motifs is 2. The number of halogens is 2. The first-order chi connectivity index (χ1) is 20.1. The highest BCUT2D eigenvalue weighted by Gasteiger charge is 2.22. The summed E-state index contributed by atoms with van der Waals surface area (Å²) in [7, 11) is 0.897. The van der Waals surface area contributed by atoms with Crippen LogP contribution in [-0.2, 0) is 11.5 Å². The second-order valence-corrected chi connectivity index (χ2v) is 17.9. The van der Waals surface area contributed by atoms with Gasteiger partial charge in [0.1, 0.15) is 24.6 Å². The van der Waals surface area contributed by atoms with Gasteiger partial charge in [0.15, 0.2) is 11.6 Å². The Balaban J connectivity index is 1.41. The van der Waals surface area contributed by atoms with Gasteiger partial charge in [-0.15, -0.1) is 0 Å². The molecular formula is C31H37F2N7OSi. The number of nitrogen functional groups attached to an aromatic ring is 1. The first-order valence-electron chi connectivity index (χ1n) is 14.3. The molecule has 0 saturated carbocycles. The summed E-state index contributed by atoms with van der Waals surface area (Å²) in [5.41, 5.74) is 10.3. The van der Waals surface area contributed by atoms with Crippen LogP contribution in [0.2, 0.25) is 25.7 Å². The molecule has 220 valence electrons. The molecule has 2 aromatic carbocycles. The monoisotopic (exact) mass is 589 g/mol. The van der Waals surface area contributed by atoms with Gasteiger partial charge in [-0.05, 0) is 49.5 Å². The highest BCUT2D eigenvalue weighted by molar-refractivity contribution is 6.76. The zero-order valence-electron chi connectivity index (χ0n) is 24.6. The van der Waals surface area contributed by atoms with E-state index in [1.165, 1.54) is 12.1 Å². The van der Waals surface area contributed by atoms with E-state index in [4.69, 9.17) is 20.4 Å². The molecule has 1 fully saturated rings. The Hall–Kier alpha value is -3.80. The number of imidazole rings is 2. The number of benzene rings is 2. The molecule has 0 aliphatic carbocycles. The Labute approximate surface area is 245 Å². The average Bonchev–Trinajstić information content (AvgIpc) is 3.53. The van der Waals surface area contributed by atoms with Crippen LogP contribution < -0.4 is 10.6 Å². The van der Waals surface area contributed by atoms with Gasteiger partial charge in [0.2, 0.25) is 0 Å². The molecule has 0 bridgehead atoms. The van der Waals surface area contributed by atoms with Crippen molar-refractivity contribution < 1.29 is 13.5 Å². The Bertz CT molecular complexity index is 1750. The lowest BCUT2D eigenvalue weighted by Gasteiger charge is -2.34. The maximum atomic E-state index is 14.8. The topological polar surface area (TPSA) is 76.9 Å². The number of pyridine rings is 1. The van der Waals surface area contributed by atoms with Gasteiger partial charge in [0, 0.05) is 58.3 Å². The summed E-state index contributed by atoms with van der Waals surface area (Å²) in [6, 6.07) is 13.4. The molecular weight excluding hydrogens is 552 g/mol. The largest absolute Gasteiger partial charge is 0.396 e. The fraction of sp³-hybridized carbons (Fsp3) is 0.355. The Morgan fingerprint density at radius 2 is 1.76 bits per heavy atom. The van der Waals surface area contributed by atoms with E-state index < -0.39 is 19.7 Å². The first kappa shape index (κ1) is 28.3. The molecule has 3 aromatic heterocycles. The fourth-order valence-corrected chi connectivity index (χ4v) is 6.13. The van der Waals surface area contributed by atoms with Gasteiger partial charge in [0.05, 0.1) is 27.8 Å². The van der Waals surface area contributed by atoms with E-state index in [0.717, 1.165) is 54.5 Å². The molecule has 1 saturated heterocycles. The molecule has 0 unspecified atom stereocenters. The fourth-order valence-electron chi connectivity index (χ4n) is 5.37. The van der Waals surface area contributed by atoms with Gasteiger partial charge in [-0.2, -0.15) is 0 Å². The van der Waals surface area contributed by atoms with Crippen LogP contribution in [0, 0.1) is 11.6 Å². The second-order valence-electron chi connectivity index (χ2n) is 12.3. The third-order valence-corrected chi connectivity index (χ3v) is 9.67. The molecule has 0 radical (unpaired) electrons. The molecule has 11 heteroatoms. The molecule has 0 amide bonds. The molecule has 2 N–H and O–H groups in total. The summed E-state index contributed by atoms with van der Waals surface area (Å²) in [5, 5.41) is 0. The van der Waals surface area contributed by atoms with Gasteiger partial charge in [0.25, 0.3) is 0 Å². The van der Waals surface area contributed by atoms with Crippen molar-refractivity contribution in [3.63, 3.8) is 0 Å². The SMILES string of the molecule is CN1CCN(c2ccc3nc(-c4ncn5cc(-c6c(F)ccc(N)c6F)ccc45)n(COCC[Si](C)(C)C)c3c2)CC1. The second kappa shape index (κ2) is 11.1. The van der Waals surface area contributed by atoms with E-state index in [0.29, 0.717) is 30.4 Å². The van der Waals surface area contributed by atoms with Gasteiger partial charge in [-0.25, -0.2) is 18.7 Å². The van der Waals surface area contributed by atoms with Crippen LogP contribution in [-0.4, -0.2) is 71.7 Å². The van der Waals surface area contributed by atoms with E-state index in [9.17, 15) is 8.78 Å². The lowest BCUT2D eigenvalue weighted by Crippen LogP contribution is -2.44. The Kier molecular flexibility index (Phi) is 7.50. The normalized spacial score (nSPS) is 14.9. The van der Waals surface area contributed by atoms with Crippen LogP contribution in [0.25, 0.3) is 39.2 Å². The standard InChI is InChI=1S/C31H37F2N7OSi/c1-37-11-13-38(14-12-37)22-6-9-25-27(17-22)40(20-41-15-16-42(2,3)4)31(36-25)30-26-10-5-21(18-39(26)19-35-30)28-23(32)7-8-24(34)29(28)33/h5-10,17-19H,11-16,20,34H2,1-4H3. The summed E-state index contributed by atoms with van der Waals surface area (Å²) in [4.78, 5) is 14.5. The number of hydrogen-bond acceptors (Lipinski definition) is 6. The van der Waals surface area contributed by atoms with Crippen LogP contribution >= 0.6 is 0 Å². The third kappa shape index (κ3) is 5.51. The van der Waals surface area contributed by atoms with Crippen molar-refractivity contribution in [2.45, 2.75) is 32.4 Å². The van der Waals surface area contributed by atoms with Crippen LogP contribution in [0.3, 0.4) is 0 Å². The highest BCUT2D eigenvalue weighted by Crippen LogP contribution is 2.33. The summed E-state index contributed by atoms with van der Waals surface area (Å²) in [5.74, 6) is -0.761. The summed E-state index contributed by atoms with van der Waals surface area (Å²) < 4.78 is 39.5. The summed E-state index contributed by atoms with van der Waals surface area (Å²) >= 11 is 0. The smallest absolute Gasteiger partial charge is 0.163 e. The van der Waals surface area contributed by atoms with Crippen molar-refractivity contribution in [3.8, 4) is 22.6 Å². The maximum absolute atomic E-state index is 14.8. The van der Waals surface area contributed by atoms with Crippen molar-refractivity contribution in [1.82, 2.24) is 23.8 Å². The van der Waals surface area contributed by atoms with E-state index in [-0.39, 0.29) is 11.3 Å². The number of nitrogens with two attached hydrogens (primary N) is 1. The lowest BCUT2D eigenvalue weighted by molar-refractivity contribution is 0.0909. The third-order valence-electron chi connectivity index (χ3n) is 7.97. The summed E-state index contributed by atoms with van der Waals surface area (Å²) in [6.07, 6.45) is 3.30. The van der Waals surface area contributed by atoms with Crippen molar-refractivity contribution in [1.29, 1.82) is 0 Å². The van der Waals surface area contributed by atoms with Gasteiger partial charge in [-0.3, -0.25) is 4.57 Å². The molecule has 5 aromatic rings. The minimum atomic E-state index is -1.26. The molecule has 0 spiro atoms. The van der Waals surface area contributed by atoms with Gasteiger partial charge < -0.3 is 24.7 Å². The summed E-state index contributed by atoms with van der Waals surface area (Å²) in [6.45, 7) is 12.0. The maximum Gasteiger partial charge on any atom is 0.163 e. The average molecular weight is 590 g/mol. The zero-order valence-corrected chi connectivity index (χ0v) is 25.6. The lowest BCUT2D eigenvalue weighted by atomic mass is 10.0. The van der Waals surface area contributed by atoms with Gasteiger partial charge in [-0.1, -0.05) is 25.7 Å². The van der Waals surface area contributed by atoms with Crippen molar-refractivity contribution in [2.24, 2.45) is 0 Å². The molecule has 8 nitrogen and oxygen atoms in total.